The fourth-order valence-electron chi connectivity index (χ4n) is 1.14. The molecule has 0 bridgehead atoms. The number of hydrogen-bond acceptors (Lipinski definition) is 1. The molecule has 0 atom stereocenters. The van der Waals surface area contributed by atoms with E-state index >= 15 is 0 Å². The summed E-state index contributed by atoms with van der Waals surface area (Å²) in [5.74, 6) is 0.0595. The summed E-state index contributed by atoms with van der Waals surface area (Å²) in [6.45, 7) is 4.41. The molecule has 0 aliphatic heterocycles. The van der Waals surface area contributed by atoms with Gasteiger partial charge in [0.2, 0.25) is 0 Å². The first kappa shape index (κ1) is 9.78. The first-order chi connectivity index (χ1) is 6.25. The van der Waals surface area contributed by atoms with Gasteiger partial charge in [-0.25, -0.2) is 0 Å². The topological polar surface area (TPSA) is 20.3 Å². The van der Waals surface area contributed by atoms with Gasteiger partial charge in [-0.15, -0.1) is 0 Å². The summed E-state index contributed by atoms with van der Waals surface area (Å²) in [6, 6.07) is 9.28. The molecule has 1 aromatic carbocycles. The molecule has 2 nitrogen and oxygen atoms in total. The van der Waals surface area contributed by atoms with Crippen LogP contribution in [-0.4, -0.2) is 24.4 Å². The average Bonchev–Trinajstić information content (AvgIpc) is 2.18. The maximum absolute atomic E-state index is 11.6. The van der Waals surface area contributed by atoms with E-state index in [-0.39, 0.29) is 5.91 Å². The monoisotopic (exact) mass is 176 g/mol. The summed E-state index contributed by atoms with van der Waals surface area (Å²) in [5, 5.41) is 0. The Bertz CT molecular complexity index is 269. The van der Waals surface area contributed by atoms with E-state index in [0.717, 1.165) is 12.0 Å². The molecule has 0 aliphatic rings. The quantitative estimate of drug-likeness (QED) is 0.689. The third-order valence-electron chi connectivity index (χ3n) is 1.86. The standard InChI is InChI=1S/C11H14NO/c1-3-9-12(2)11(13)10-7-5-4-6-8-10/h4-8H,1,3,9H2,2H3. The van der Waals surface area contributed by atoms with E-state index in [9.17, 15) is 4.79 Å². The Morgan fingerprint density at radius 3 is 2.54 bits per heavy atom. The van der Waals surface area contributed by atoms with E-state index in [1.165, 1.54) is 0 Å². The summed E-state index contributed by atoms with van der Waals surface area (Å²) >= 11 is 0. The molecule has 0 aliphatic carbocycles. The Morgan fingerprint density at radius 1 is 1.38 bits per heavy atom. The molecule has 0 aromatic heterocycles. The Morgan fingerprint density at radius 2 is 2.00 bits per heavy atom. The molecule has 0 heterocycles. The SMILES string of the molecule is [CH2]CCN(C)C(=O)c1ccccc1. The van der Waals surface area contributed by atoms with Gasteiger partial charge in [0.25, 0.3) is 5.91 Å². The summed E-state index contributed by atoms with van der Waals surface area (Å²) in [7, 11) is 1.79. The highest BCUT2D eigenvalue weighted by Crippen LogP contribution is 2.02. The molecule has 1 rings (SSSR count). The van der Waals surface area contributed by atoms with Gasteiger partial charge in [-0.05, 0) is 18.6 Å². The van der Waals surface area contributed by atoms with Crippen molar-refractivity contribution in [1.82, 2.24) is 4.90 Å². The van der Waals surface area contributed by atoms with Crippen LogP contribution in [0.5, 0.6) is 0 Å². The molecule has 13 heavy (non-hydrogen) atoms. The normalized spacial score (nSPS) is 9.69. The Balaban J connectivity index is 2.68. The van der Waals surface area contributed by atoms with E-state index in [0.29, 0.717) is 6.54 Å². The summed E-state index contributed by atoms with van der Waals surface area (Å²) in [5.41, 5.74) is 0.735. The zero-order valence-electron chi connectivity index (χ0n) is 7.86. The third kappa shape index (κ3) is 2.58. The molecule has 1 amide bonds. The van der Waals surface area contributed by atoms with Crippen LogP contribution in [0.4, 0.5) is 0 Å². The minimum atomic E-state index is 0.0595. The number of amides is 1. The average molecular weight is 176 g/mol. The maximum Gasteiger partial charge on any atom is 0.253 e. The van der Waals surface area contributed by atoms with Gasteiger partial charge in [0.05, 0.1) is 0 Å². The molecule has 0 fully saturated rings. The predicted octanol–water partition coefficient (Wildman–Crippen LogP) is 1.98. The molecule has 0 saturated heterocycles. The van der Waals surface area contributed by atoms with Gasteiger partial charge in [0, 0.05) is 19.2 Å². The zero-order valence-corrected chi connectivity index (χ0v) is 7.86. The lowest BCUT2D eigenvalue weighted by molar-refractivity contribution is 0.0797. The van der Waals surface area contributed by atoms with Gasteiger partial charge in [0.15, 0.2) is 0 Å². The van der Waals surface area contributed by atoms with Gasteiger partial charge in [0.1, 0.15) is 0 Å². The van der Waals surface area contributed by atoms with Crippen molar-refractivity contribution in [3.05, 3.63) is 42.8 Å². The van der Waals surface area contributed by atoms with Crippen LogP contribution < -0.4 is 0 Å². The van der Waals surface area contributed by atoms with Crippen molar-refractivity contribution < 1.29 is 4.79 Å². The van der Waals surface area contributed by atoms with E-state index < -0.39 is 0 Å². The highest BCUT2D eigenvalue weighted by atomic mass is 16.2. The fraction of sp³-hybridized carbons (Fsp3) is 0.273. The largest absolute Gasteiger partial charge is 0.342 e. The van der Waals surface area contributed by atoms with Crippen LogP contribution in [0.25, 0.3) is 0 Å². The second-order valence-corrected chi connectivity index (χ2v) is 2.95. The number of carbonyl (C=O) groups excluding carboxylic acids is 1. The minimum Gasteiger partial charge on any atom is -0.342 e. The van der Waals surface area contributed by atoms with Crippen LogP contribution in [0.3, 0.4) is 0 Å². The number of benzene rings is 1. The van der Waals surface area contributed by atoms with E-state index in [1.807, 2.05) is 30.3 Å². The molecule has 0 spiro atoms. The van der Waals surface area contributed by atoms with Gasteiger partial charge in [-0.3, -0.25) is 4.79 Å². The number of carbonyl (C=O) groups is 1. The van der Waals surface area contributed by atoms with Crippen molar-refractivity contribution in [3.8, 4) is 0 Å². The summed E-state index contributed by atoms with van der Waals surface area (Å²) in [6.07, 6.45) is 0.745. The first-order valence-electron chi connectivity index (χ1n) is 4.35. The molecular weight excluding hydrogens is 162 g/mol. The lowest BCUT2D eigenvalue weighted by atomic mass is 10.2. The van der Waals surface area contributed by atoms with Crippen LogP contribution in [0.15, 0.2) is 30.3 Å². The maximum atomic E-state index is 11.6. The van der Waals surface area contributed by atoms with Crippen LogP contribution in [-0.2, 0) is 0 Å². The second-order valence-electron chi connectivity index (χ2n) is 2.95. The van der Waals surface area contributed by atoms with Crippen molar-refractivity contribution >= 4 is 5.91 Å². The number of hydrogen-bond donors (Lipinski definition) is 0. The summed E-state index contributed by atoms with van der Waals surface area (Å²) in [4.78, 5) is 13.3. The second kappa shape index (κ2) is 4.65. The minimum absolute atomic E-state index is 0.0595. The predicted molar refractivity (Wildman–Crippen MR) is 53.4 cm³/mol. The summed E-state index contributed by atoms with van der Waals surface area (Å²) < 4.78 is 0. The van der Waals surface area contributed by atoms with E-state index in [2.05, 4.69) is 6.92 Å². The highest BCUT2D eigenvalue weighted by molar-refractivity contribution is 5.93. The number of rotatable bonds is 3. The Kier molecular flexibility index (Phi) is 3.50. The van der Waals surface area contributed by atoms with E-state index in [4.69, 9.17) is 0 Å². The van der Waals surface area contributed by atoms with Gasteiger partial charge in [-0.2, -0.15) is 0 Å². The van der Waals surface area contributed by atoms with Crippen LogP contribution in [0.2, 0.25) is 0 Å². The molecule has 0 N–H and O–H groups in total. The van der Waals surface area contributed by atoms with Gasteiger partial charge < -0.3 is 4.90 Å². The van der Waals surface area contributed by atoms with Crippen molar-refractivity contribution in [1.29, 1.82) is 0 Å². The number of nitrogens with zero attached hydrogens (tertiary/aromatic N) is 1. The third-order valence-corrected chi connectivity index (χ3v) is 1.86. The smallest absolute Gasteiger partial charge is 0.253 e. The van der Waals surface area contributed by atoms with Gasteiger partial charge >= 0.3 is 0 Å². The van der Waals surface area contributed by atoms with Crippen LogP contribution in [0.1, 0.15) is 16.8 Å². The molecule has 0 saturated carbocycles. The Labute approximate surface area is 79.2 Å². The van der Waals surface area contributed by atoms with Crippen molar-refractivity contribution in [2.24, 2.45) is 0 Å². The molecule has 69 valence electrons. The lowest BCUT2D eigenvalue weighted by Crippen LogP contribution is -2.27. The van der Waals surface area contributed by atoms with Gasteiger partial charge in [-0.1, -0.05) is 25.1 Å². The lowest BCUT2D eigenvalue weighted by Gasteiger charge is -2.15. The van der Waals surface area contributed by atoms with Crippen molar-refractivity contribution in [2.75, 3.05) is 13.6 Å². The fourth-order valence-corrected chi connectivity index (χ4v) is 1.14. The zero-order chi connectivity index (χ0) is 9.68. The first-order valence-corrected chi connectivity index (χ1v) is 4.35. The van der Waals surface area contributed by atoms with Crippen molar-refractivity contribution in [2.45, 2.75) is 6.42 Å². The molecule has 1 radical (unpaired) electrons. The van der Waals surface area contributed by atoms with E-state index in [1.54, 1.807) is 11.9 Å². The molecule has 1 aromatic rings. The van der Waals surface area contributed by atoms with Crippen LogP contribution >= 0.6 is 0 Å². The van der Waals surface area contributed by atoms with Crippen molar-refractivity contribution in [3.63, 3.8) is 0 Å². The molecule has 2 heteroatoms. The molecular formula is C11H14NO. The Hall–Kier alpha value is -1.31. The molecule has 0 unspecified atom stereocenters. The van der Waals surface area contributed by atoms with Crippen LogP contribution in [0, 0.1) is 6.92 Å². The highest BCUT2D eigenvalue weighted by Gasteiger charge is 2.08.